The third-order valence-corrected chi connectivity index (χ3v) is 7.47. The highest BCUT2D eigenvalue weighted by Crippen LogP contribution is 2.29. The monoisotopic (exact) mass is 455 g/mol. The van der Waals surface area contributed by atoms with Crippen LogP contribution in [0.2, 0.25) is 0 Å². The van der Waals surface area contributed by atoms with E-state index in [0.29, 0.717) is 43.9 Å². The van der Waals surface area contributed by atoms with Crippen molar-refractivity contribution in [2.24, 2.45) is 10.3 Å². The van der Waals surface area contributed by atoms with Crippen molar-refractivity contribution in [2.75, 3.05) is 31.1 Å². The maximum absolute atomic E-state index is 12.7. The van der Waals surface area contributed by atoms with Crippen molar-refractivity contribution in [1.82, 2.24) is 15.2 Å². The number of nitrogens with zero attached hydrogens (tertiary/aromatic N) is 4. The van der Waals surface area contributed by atoms with Crippen LogP contribution in [-0.4, -0.2) is 56.2 Å². The van der Waals surface area contributed by atoms with Gasteiger partial charge in [0.1, 0.15) is 10.7 Å². The second-order valence-corrected chi connectivity index (χ2v) is 9.63. The van der Waals surface area contributed by atoms with Crippen molar-refractivity contribution in [1.29, 1.82) is 0 Å². The molecule has 1 fully saturated rings. The highest BCUT2D eigenvalue weighted by Gasteiger charge is 2.34. The van der Waals surface area contributed by atoms with Crippen LogP contribution in [0.15, 0.2) is 51.9 Å². The molecule has 1 saturated heterocycles. The van der Waals surface area contributed by atoms with Crippen LogP contribution in [-0.2, 0) is 21.4 Å². The van der Waals surface area contributed by atoms with Gasteiger partial charge in [0.15, 0.2) is 5.84 Å². The summed E-state index contributed by atoms with van der Waals surface area (Å²) in [6.07, 6.45) is 3.13. The Bertz CT molecular complexity index is 1100. The number of pyridine rings is 1. The molecule has 32 heavy (non-hydrogen) atoms. The van der Waals surface area contributed by atoms with Gasteiger partial charge in [0, 0.05) is 50.4 Å². The van der Waals surface area contributed by atoms with E-state index in [1.165, 1.54) is 0 Å². The van der Waals surface area contributed by atoms with Gasteiger partial charge in [-0.2, -0.15) is 8.42 Å². The number of aromatic nitrogens is 1. The summed E-state index contributed by atoms with van der Waals surface area (Å²) in [6, 6.07) is 10.9. The van der Waals surface area contributed by atoms with Crippen LogP contribution in [0.5, 0.6) is 0 Å². The van der Waals surface area contributed by atoms with Gasteiger partial charge in [0.25, 0.3) is 10.0 Å². The molecule has 9 heteroatoms. The predicted molar refractivity (Wildman–Crippen MR) is 124 cm³/mol. The molecule has 3 heterocycles. The van der Waals surface area contributed by atoms with Gasteiger partial charge in [0.05, 0.1) is 0 Å². The van der Waals surface area contributed by atoms with E-state index in [9.17, 15) is 13.2 Å². The molecule has 1 amide bonds. The van der Waals surface area contributed by atoms with Gasteiger partial charge in [-0.25, -0.2) is 4.98 Å². The summed E-state index contributed by atoms with van der Waals surface area (Å²) in [6.45, 7) is 7.65. The van der Waals surface area contributed by atoms with Crippen LogP contribution < -0.4 is 10.2 Å². The zero-order valence-corrected chi connectivity index (χ0v) is 19.3. The van der Waals surface area contributed by atoms with Gasteiger partial charge in [-0.3, -0.25) is 4.79 Å². The largest absolute Gasteiger partial charge is 0.357 e. The van der Waals surface area contributed by atoms with E-state index in [1.807, 2.05) is 29.3 Å². The minimum absolute atomic E-state index is 0.0267. The molecule has 0 spiro atoms. The number of hydrogen-bond acceptors (Lipinski definition) is 6. The fraction of sp³-hybridized carbons (Fsp3) is 0.435. The third-order valence-electron chi connectivity index (χ3n) is 6.14. The normalized spacial score (nSPS) is 17.6. The van der Waals surface area contributed by atoms with E-state index in [2.05, 4.69) is 33.4 Å². The summed E-state index contributed by atoms with van der Waals surface area (Å²) >= 11 is 0. The number of amides is 1. The van der Waals surface area contributed by atoms with E-state index in [-0.39, 0.29) is 16.7 Å². The Hall–Kier alpha value is -2.94. The van der Waals surface area contributed by atoms with Crippen LogP contribution in [0.3, 0.4) is 0 Å². The number of rotatable bonds is 6. The van der Waals surface area contributed by atoms with Gasteiger partial charge in [-0.15, -0.1) is 4.40 Å². The predicted octanol–water partition coefficient (Wildman–Crippen LogP) is 2.41. The lowest BCUT2D eigenvalue weighted by molar-refractivity contribution is -0.126. The number of sulfonamides is 1. The van der Waals surface area contributed by atoms with Crippen molar-refractivity contribution in [3.8, 4) is 0 Å². The molecule has 1 aromatic heterocycles. The number of piperidine rings is 1. The van der Waals surface area contributed by atoms with Gasteiger partial charge >= 0.3 is 0 Å². The van der Waals surface area contributed by atoms with E-state index in [0.717, 1.165) is 24.5 Å². The Morgan fingerprint density at radius 3 is 2.50 bits per heavy atom. The molecule has 0 bridgehead atoms. The molecular weight excluding hydrogens is 426 g/mol. The minimum atomic E-state index is -3.63. The fourth-order valence-corrected chi connectivity index (χ4v) is 5.49. The second-order valence-electron chi connectivity index (χ2n) is 8.06. The summed E-state index contributed by atoms with van der Waals surface area (Å²) in [5, 5.41) is 3.02. The van der Waals surface area contributed by atoms with Crippen LogP contribution in [0.4, 0.5) is 5.82 Å². The smallest absolute Gasteiger partial charge is 0.285 e. The third kappa shape index (κ3) is 4.48. The van der Waals surface area contributed by atoms with Crippen molar-refractivity contribution in [3.63, 3.8) is 0 Å². The lowest BCUT2D eigenvalue weighted by Gasteiger charge is -2.32. The topological polar surface area (TPSA) is 95.0 Å². The molecular formula is C23H29N5O3S. The second kappa shape index (κ2) is 9.28. The maximum Gasteiger partial charge on any atom is 0.285 e. The highest BCUT2D eigenvalue weighted by atomic mass is 32.2. The number of likely N-dealkylation sites (tertiary alicyclic amines) is 1. The number of hydrogen-bond donors (Lipinski definition) is 1. The number of nitrogens with one attached hydrogen (secondary N) is 1. The fourth-order valence-electron chi connectivity index (χ4n) is 4.26. The van der Waals surface area contributed by atoms with Crippen LogP contribution >= 0.6 is 0 Å². The molecule has 1 aromatic carbocycles. The van der Waals surface area contributed by atoms with Crippen LogP contribution in [0.25, 0.3) is 0 Å². The highest BCUT2D eigenvalue weighted by molar-refractivity contribution is 7.90. The lowest BCUT2D eigenvalue weighted by atomic mass is 9.95. The van der Waals surface area contributed by atoms with E-state index in [1.54, 1.807) is 18.2 Å². The molecule has 0 unspecified atom stereocenters. The molecule has 4 rings (SSSR count). The molecule has 8 nitrogen and oxygen atoms in total. The van der Waals surface area contributed by atoms with Crippen LogP contribution in [0.1, 0.15) is 37.8 Å². The molecule has 0 radical (unpaired) electrons. The van der Waals surface area contributed by atoms with E-state index < -0.39 is 10.0 Å². The Labute approximate surface area is 189 Å². The lowest BCUT2D eigenvalue weighted by Crippen LogP contribution is -2.42. The molecule has 2 aliphatic heterocycles. The minimum Gasteiger partial charge on any atom is -0.357 e. The zero-order chi connectivity index (χ0) is 22.7. The number of amidine groups is 1. The van der Waals surface area contributed by atoms with Crippen molar-refractivity contribution in [3.05, 3.63) is 53.7 Å². The molecule has 0 atom stereocenters. The van der Waals surface area contributed by atoms with Gasteiger partial charge in [-0.1, -0.05) is 18.2 Å². The Kier molecular flexibility index (Phi) is 6.45. The average Bonchev–Trinajstić information content (AvgIpc) is 3.10. The van der Waals surface area contributed by atoms with Crippen molar-refractivity contribution < 1.29 is 13.2 Å². The Balaban J connectivity index is 1.31. The molecule has 0 aliphatic carbocycles. The van der Waals surface area contributed by atoms with Crippen molar-refractivity contribution >= 4 is 27.6 Å². The first-order valence-electron chi connectivity index (χ1n) is 11.1. The standard InChI is InChI=1S/C23H29N5O3S/c1-3-27(4-2)21-10-9-17(15-24-21)16-25-23(29)18-11-13-28(14-12-18)22-19-7-5-6-8-20(19)32(30,31)26-22/h5-10,15,18H,3-4,11-14,16H2,1-2H3,(H,25,29). The summed E-state index contributed by atoms with van der Waals surface area (Å²) in [4.78, 5) is 21.6. The average molecular weight is 456 g/mol. The molecule has 1 N–H and O–H groups in total. The van der Waals surface area contributed by atoms with Gasteiger partial charge in [-0.05, 0) is 50.5 Å². The number of fused-ring (bicyclic) bond motifs is 1. The molecule has 2 aliphatic rings. The SMILES string of the molecule is CCN(CC)c1ccc(CNC(=O)C2CCN(C3=NS(=O)(=O)c4ccccc43)CC2)cn1. The quantitative estimate of drug-likeness (QED) is 0.719. The van der Waals surface area contributed by atoms with Crippen molar-refractivity contribution in [2.45, 2.75) is 38.1 Å². The first kappa shape index (κ1) is 22.3. The maximum atomic E-state index is 12.7. The number of carbonyl (C=O) groups excluding carboxylic acids is 1. The number of anilines is 1. The molecule has 170 valence electrons. The summed E-state index contributed by atoms with van der Waals surface area (Å²) in [5.41, 5.74) is 1.62. The van der Waals surface area contributed by atoms with E-state index >= 15 is 0 Å². The van der Waals surface area contributed by atoms with E-state index in [4.69, 9.17) is 0 Å². The van der Waals surface area contributed by atoms with Crippen LogP contribution in [0, 0.1) is 5.92 Å². The number of benzene rings is 1. The number of carbonyl (C=O) groups is 1. The summed E-state index contributed by atoms with van der Waals surface area (Å²) in [5.74, 6) is 1.37. The summed E-state index contributed by atoms with van der Waals surface area (Å²) in [7, 11) is -3.63. The Morgan fingerprint density at radius 1 is 1.12 bits per heavy atom. The molecule has 2 aromatic rings. The van der Waals surface area contributed by atoms with Gasteiger partial charge in [0.2, 0.25) is 5.91 Å². The first-order chi connectivity index (χ1) is 15.4. The zero-order valence-electron chi connectivity index (χ0n) is 18.5. The van der Waals surface area contributed by atoms with Gasteiger partial charge < -0.3 is 15.1 Å². The summed E-state index contributed by atoms with van der Waals surface area (Å²) < 4.78 is 28.6. The first-order valence-corrected chi connectivity index (χ1v) is 12.5. The molecule has 0 saturated carbocycles. The Morgan fingerprint density at radius 2 is 1.84 bits per heavy atom.